The van der Waals surface area contributed by atoms with E-state index in [4.69, 9.17) is 9.84 Å². The fourth-order valence-electron chi connectivity index (χ4n) is 2.26. The van der Waals surface area contributed by atoms with Crippen molar-refractivity contribution < 1.29 is 19.7 Å². The van der Waals surface area contributed by atoms with Gasteiger partial charge in [0.2, 0.25) is 0 Å². The number of imidazole rings is 1. The normalized spacial score (nSPS) is 11.2. The smallest absolute Gasteiger partial charge is 0.303 e. The van der Waals surface area contributed by atoms with E-state index < -0.39 is 5.97 Å². The Balaban J connectivity index is 2.37. The summed E-state index contributed by atoms with van der Waals surface area (Å²) in [5.41, 5.74) is 1.63. The van der Waals surface area contributed by atoms with E-state index in [0.29, 0.717) is 18.8 Å². The summed E-state index contributed by atoms with van der Waals surface area (Å²) < 4.78 is 7.50. The van der Waals surface area contributed by atoms with Gasteiger partial charge in [0.15, 0.2) is 0 Å². The van der Waals surface area contributed by atoms with Crippen LogP contribution in [0.3, 0.4) is 0 Å². The number of fused-ring (bicyclic) bond motifs is 1. The molecular weight excluding hydrogens is 272 g/mol. The number of rotatable bonds is 7. The Morgan fingerprint density at radius 3 is 2.81 bits per heavy atom. The highest BCUT2D eigenvalue weighted by molar-refractivity contribution is 5.78. The highest BCUT2D eigenvalue weighted by Gasteiger charge is 2.13. The summed E-state index contributed by atoms with van der Waals surface area (Å²) >= 11 is 0. The molecule has 0 aliphatic carbocycles. The molecule has 1 heterocycles. The van der Waals surface area contributed by atoms with Gasteiger partial charge in [-0.25, -0.2) is 4.98 Å². The van der Waals surface area contributed by atoms with Crippen LogP contribution in [0, 0.1) is 0 Å². The number of aromatic nitrogens is 2. The van der Waals surface area contributed by atoms with Gasteiger partial charge in [-0.15, -0.1) is 0 Å². The quantitative estimate of drug-likeness (QED) is 0.813. The van der Waals surface area contributed by atoms with E-state index in [2.05, 4.69) is 4.98 Å². The lowest BCUT2D eigenvalue weighted by Crippen LogP contribution is -2.09. The molecule has 0 saturated carbocycles. The Morgan fingerprint density at radius 2 is 2.19 bits per heavy atom. The standard InChI is InChI=1S/C15H20N2O4/c1-10(2)21-11-3-4-13-12(9-11)16-14(5-6-15(19)20)17(13)7-8-18/h3-4,9-10,18H,5-8H2,1-2H3,(H,19,20). The molecule has 6 nitrogen and oxygen atoms in total. The second kappa shape index (κ2) is 6.58. The van der Waals surface area contributed by atoms with Crippen molar-refractivity contribution in [2.24, 2.45) is 0 Å². The van der Waals surface area contributed by atoms with Crippen LogP contribution in [0.5, 0.6) is 5.75 Å². The average molecular weight is 292 g/mol. The highest BCUT2D eigenvalue weighted by atomic mass is 16.5. The summed E-state index contributed by atoms with van der Waals surface area (Å²) in [6, 6.07) is 5.59. The van der Waals surface area contributed by atoms with Gasteiger partial charge in [0.25, 0.3) is 0 Å². The van der Waals surface area contributed by atoms with Gasteiger partial charge in [-0.3, -0.25) is 4.79 Å². The Morgan fingerprint density at radius 1 is 1.43 bits per heavy atom. The van der Waals surface area contributed by atoms with Crippen molar-refractivity contribution in [3.05, 3.63) is 24.0 Å². The number of benzene rings is 1. The molecule has 114 valence electrons. The maximum absolute atomic E-state index is 10.7. The molecule has 0 aliphatic heterocycles. The Bertz CT molecular complexity index is 634. The third-order valence-corrected chi connectivity index (χ3v) is 3.06. The molecule has 1 aromatic carbocycles. The van der Waals surface area contributed by atoms with Gasteiger partial charge in [-0.1, -0.05) is 0 Å². The molecule has 2 N–H and O–H groups in total. The summed E-state index contributed by atoms with van der Waals surface area (Å²) in [6.07, 6.45) is 0.433. The molecule has 0 amide bonds. The molecule has 0 spiro atoms. The molecule has 0 bridgehead atoms. The first-order valence-electron chi connectivity index (χ1n) is 6.99. The first-order chi connectivity index (χ1) is 10.0. The van der Waals surface area contributed by atoms with E-state index in [9.17, 15) is 9.90 Å². The number of carboxylic acids is 1. The summed E-state index contributed by atoms with van der Waals surface area (Å²) in [5.74, 6) is 0.542. The van der Waals surface area contributed by atoms with E-state index in [1.165, 1.54) is 0 Å². The topological polar surface area (TPSA) is 84.6 Å². The summed E-state index contributed by atoms with van der Waals surface area (Å²) in [6.45, 7) is 4.28. The lowest BCUT2D eigenvalue weighted by Gasteiger charge is -2.09. The second-order valence-electron chi connectivity index (χ2n) is 5.11. The van der Waals surface area contributed by atoms with Crippen LogP contribution in [0.25, 0.3) is 11.0 Å². The molecule has 0 fully saturated rings. The van der Waals surface area contributed by atoms with Crippen molar-refractivity contribution in [3.63, 3.8) is 0 Å². The van der Waals surface area contributed by atoms with Crippen LogP contribution in [0.1, 0.15) is 26.1 Å². The van der Waals surface area contributed by atoms with Crippen molar-refractivity contribution >= 4 is 17.0 Å². The number of aliphatic hydroxyl groups is 1. The third-order valence-electron chi connectivity index (χ3n) is 3.06. The SMILES string of the molecule is CC(C)Oc1ccc2c(c1)nc(CCC(=O)O)n2CCO. The Hall–Kier alpha value is -2.08. The van der Waals surface area contributed by atoms with Gasteiger partial charge in [-0.05, 0) is 26.0 Å². The van der Waals surface area contributed by atoms with Crippen molar-refractivity contribution in [2.75, 3.05) is 6.61 Å². The highest BCUT2D eigenvalue weighted by Crippen LogP contribution is 2.23. The van der Waals surface area contributed by atoms with E-state index in [-0.39, 0.29) is 19.1 Å². The van der Waals surface area contributed by atoms with Gasteiger partial charge < -0.3 is 19.5 Å². The molecule has 1 aromatic heterocycles. The van der Waals surface area contributed by atoms with Crippen LogP contribution in [-0.4, -0.2) is 38.4 Å². The minimum atomic E-state index is -0.860. The number of aliphatic hydroxyl groups excluding tert-OH is 1. The average Bonchev–Trinajstić information content (AvgIpc) is 2.74. The molecule has 0 unspecified atom stereocenters. The van der Waals surface area contributed by atoms with Crippen molar-refractivity contribution in [2.45, 2.75) is 39.3 Å². The molecule has 0 aliphatic rings. The Kier molecular flexibility index (Phi) is 4.80. The lowest BCUT2D eigenvalue weighted by atomic mass is 10.3. The van der Waals surface area contributed by atoms with E-state index in [0.717, 1.165) is 16.8 Å². The summed E-state index contributed by atoms with van der Waals surface area (Å²) in [5, 5.41) is 18.0. The molecule has 6 heteroatoms. The summed E-state index contributed by atoms with van der Waals surface area (Å²) in [4.78, 5) is 15.2. The van der Waals surface area contributed by atoms with Crippen molar-refractivity contribution in [1.82, 2.24) is 9.55 Å². The molecule has 0 saturated heterocycles. The summed E-state index contributed by atoms with van der Waals surface area (Å²) in [7, 11) is 0. The number of ether oxygens (including phenoxy) is 1. The first kappa shape index (κ1) is 15.3. The number of carbonyl (C=O) groups is 1. The largest absolute Gasteiger partial charge is 0.491 e. The van der Waals surface area contributed by atoms with E-state index in [1.807, 2.05) is 36.6 Å². The molecule has 0 atom stereocenters. The molecular formula is C15H20N2O4. The van der Waals surface area contributed by atoms with Crippen molar-refractivity contribution in [3.8, 4) is 5.75 Å². The minimum absolute atomic E-state index is 0.0180. The van der Waals surface area contributed by atoms with Crippen LogP contribution in [0.2, 0.25) is 0 Å². The van der Waals surface area contributed by atoms with Gasteiger partial charge in [0, 0.05) is 19.0 Å². The molecule has 21 heavy (non-hydrogen) atoms. The van der Waals surface area contributed by atoms with Crippen LogP contribution in [0.4, 0.5) is 0 Å². The number of hydrogen-bond donors (Lipinski definition) is 2. The maximum atomic E-state index is 10.7. The monoisotopic (exact) mass is 292 g/mol. The predicted molar refractivity (Wildman–Crippen MR) is 78.5 cm³/mol. The molecule has 2 aromatic rings. The van der Waals surface area contributed by atoms with E-state index >= 15 is 0 Å². The van der Waals surface area contributed by atoms with Crippen molar-refractivity contribution in [1.29, 1.82) is 0 Å². The van der Waals surface area contributed by atoms with Crippen LogP contribution >= 0.6 is 0 Å². The number of aryl methyl sites for hydroxylation is 1. The fraction of sp³-hybridized carbons (Fsp3) is 0.467. The molecule has 0 radical (unpaired) electrons. The number of carboxylic acid groups (broad SMARTS) is 1. The zero-order valence-corrected chi connectivity index (χ0v) is 12.2. The third kappa shape index (κ3) is 3.72. The number of nitrogens with zero attached hydrogens (tertiary/aromatic N) is 2. The lowest BCUT2D eigenvalue weighted by molar-refractivity contribution is -0.137. The van der Waals surface area contributed by atoms with Crippen LogP contribution < -0.4 is 4.74 Å². The van der Waals surface area contributed by atoms with Gasteiger partial charge in [0.05, 0.1) is 30.2 Å². The van der Waals surface area contributed by atoms with Gasteiger partial charge in [0.1, 0.15) is 11.6 Å². The number of aliphatic carboxylic acids is 1. The first-order valence-corrected chi connectivity index (χ1v) is 6.99. The van der Waals surface area contributed by atoms with Gasteiger partial charge >= 0.3 is 5.97 Å². The zero-order valence-electron chi connectivity index (χ0n) is 12.2. The zero-order chi connectivity index (χ0) is 15.4. The molecule has 2 rings (SSSR count). The maximum Gasteiger partial charge on any atom is 0.303 e. The van der Waals surface area contributed by atoms with Gasteiger partial charge in [-0.2, -0.15) is 0 Å². The van der Waals surface area contributed by atoms with Crippen LogP contribution in [-0.2, 0) is 17.8 Å². The van der Waals surface area contributed by atoms with Crippen LogP contribution in [0.15, 0.2) is 18.2 Å². The fourth-order valence-corrected chi connectivity index (χ4v) is 2.26. The second-order valence-corrected chi connectivity index (χ2v) is 5.11. The number of hydrogen-bond acceptors (Lipinski definition) is 4. The Labute approximate surface area is 123 Å². The minimum Gasteiger partial charge on any atom is -0.491 e. The van der Waals surface area contributed by atoms with E-state index in [1.54, 1.807) is 0 Å². The predicted octanol–water partition coefficient (Wildman–Crippen LogP) is 1.83.